The summed E-state index contributed by atoms with van der Waals surface area (Å²) in [6.45, 7) is 24.3. The smallest absolute Gasteiger partial charge is 0.335 e. The molecule has 1 amide bonds. The van der Waals surface area contributed by atoms with Gasteiger partial charge in [0, 0.05) is 13.1 Å². The molecule has 0 unspecified atom stereocenters. The number of aliphatic carboxylic acids is 1. The van der Waals surface area contributed by atoms with Gasteiger partial charge in [-0.1, -0.05) is 71.9 Å². The first-order valence-electron chi connectivity index (χ1n) is 20.4. The van der Waals surface area contributed by atoms with Crippen LogP contribution in [0.5, 0.6) is 0 Å². The van der Waals surface area contributed by atoms with Crippen LogP contribution in [-0.4, -0.2) is 59.1 Å². The Morgan fingerprint density at radius 2 is 1.60 bits per heavy atom. The predicted octanol–water partition coefficient (Wildman–Crippen LogP) is 9.34. The maximum Gasteiger partial charge on any atom is 0.335 e. The van der Waals surface area contributed by atoms with Gasteiger partial charge in [-0.05, 0) is 159 Å². The van der Waals surface area contributed by atoms with Gasteiger partial charge in [-0.3, -0.25) is 9.59 Å². The molecule has 0 bridgehead atoms. The number of fused-ring (bicyclic) bond motifs is 7. The second-order valence-corrected chi connectivity index (χ2v) is 19.0. The summed E-state index contributed by atoms with van der Waals surface area (Å²) in [5, 5.41) is 22.0. The van der Waals surface area contributed by atoms with Gasteiger partial charge in [0.25, 0.3) is 0 Å². The Labute approximate surface area is 313 Å². The first-order chi connectivity index (χ1) is 24.5. The number of nitrogens with one attached hydrogen (secondary N) is 1. The average molecular weight is 715 g/mol. The van der Waals surface area contributed by atoms with Crippen LogP contribution in [-0.2, 0) is 9.59 Å². The molecule has 0 heterocycles. The molecule has 286 valence electrons. The summed E-state index contributed by atoms with van der Waals surface area (Å²) in [6, 6.07) is 7.51. The van der Waals surface area contributed by atoms with Crippen molar-refractivity contribution in [2.75, 3.05) is 26.2 Å². The van der Waals surface area contributed by atoms with Gasteiger partial charge >= 0.3 is 11.9 Å². The number of benzene rings is 1. The topological polar surface area (TPSA) is 107 Å². The van der Waals surface area contributed by atoms with Gasteiger partial charge in [0.05, 0.1) is 17.4 Å². The number of amides is 1. The minimum Gasteiger partial charge on any atom is -0.481 e. The Balaban J connectivity index is 1.24. The third-order valence-corrected chi connectivity index (χ3v) is 16.6. The lowest BCUT2D eigenvalue weighted by molar-refractivity contribution is -0.225. The van der Waals surface area contributed by atoms with E-state index < -0.39 is 11.9 Å². The van der Waals surface area contributed by atoms with Crippen molar-refractivity contribution in [1.29, 1.82) is 0 Å². The molecule has 4 saturated carbocycles. The number of rotatable bonds is 12. The zero-order chi connectivity index (χ0) is 37.9. The molecule has 0 spiro atoms. The summed E-state index contributed by atoms with van der Waals surface area (Å²) < 4.78 is 0. The van der Waals surface area contributed by atoms with Crippen molar-refractivity contribution in [1.82, 2.24) is 10.2 Å². The first-order valence-corrected chi connectivity index (χ1v) is 20.4. The number of carbonyl (C=O) groups is 3. The summed E-state index contributed by atoms with van der Waals surface area (Å²) in [5.41, 5.74) is 4.20. The fourth-order valence-electron chi connectivity index (χ4n) is 13.8. The standard InChI is InChI=1S/C45H66N2O5/c1-9-47(28-20-37(48)49)27-10-26-46-40(52)45-23-17-32(29(2)3)38(45)34-15-16-36-42(6)21-18-33(30-11-13-31(14-12-30)39(50)51)41(4,5)35(42)19-22-44(36,8)43(34,7)24-25-45/h11-14,18,32,34-36,38H,2,9-10,15-17,19-28H2,1,3-8H3,(H,46,52)(H,48,49)(H,50,51)/t32-,34+,35-,36+,38+,42-,43+,44+,45-/m0/s1. The van der Waals surface area contributed by atoms with Crippen molar-refractivity contribution in [3.05, 3.63) is 53.6 Å². The van der Waals surface area contributed by atoms with Crippen molar-refractivity contribution in [3.8, 4) is 0 Å². The highest BCUT2D eigenvalue weighted by molar-refractivity contribution is 5.88. The maximum atomic E-state index is 14.5. The van der Waals surface area contributed by atoms with Gasteiger partial charge in [0.15, 0.2) is 0 Å². The SMILES string of the molecule is C=C(C)[C@@H]1CC[C@]2(C(=O)NCCCN(CC)CCC(=O)O)CC[C@]3(C)[C@H](CC[C@@H]4[C@@]5(C)CC=C(c6ccc(C(=O)O)cc6)C(C)(C)[C@@H]5CC[C@]43C)[C@@H]12. The monoisotopic (exact) mass is 714 g/mol. The second-order valence-electron chi connectivity index (χ2n) is 19.0. The van der Waals surface area contributed by atoms with Gasteiger partial charge in [-0.2, -0.15) is 0 Å². The van der Waals surface area contributed by atoms with Crippen LogP contribution in [0.1, 0.15) is 135 Å². The molecule has 0 saturated heterocycles. The molecule has 7 heteroatoms. The van der Waals surface area contributed by atoms with Crippen LogP contribution in [0.2, 0.25) is 0 Å². The molecule has 0 radical (unpaired) electrons. The van der Waals surface area contributed by atoms with E-state index in [2.05, 4.69) is 71.3 Å². The molecular weight excluding hydrogens is 649 g/mol. The highest BCUT2D eigenvalue weighted by atomic mass is 16.4. The molecule has 6 rings (SSSR count). The van der Waals surface area contributed by atoms with E-state index in [0.717, 1.165) is 57.2 Å². The van der Waals surface area contributed by atoms with E-state index in [4.69, 9.17) is 5.11 Å². The van der Waals surface area contributed by atoms with Crippen LogP contribution >= 0.6 is 0 Å². The molecular formula is C45H66N2O5. The summed E-state index contributed by atoms with van der Waals surface area (Å²) in [5.74, 6) is 0.911. The second kappa shape index (κ2) is 14.0. The lowest BCUT2D eigenvalue weighted by Crippen LogP contribution is -2.66. The number of nitrogens with zero attached hydrogens (tertiary/aromatic N) is 1. The van der Waals surface area contributed by atoms with E-state index in [0.29, 0.717) is 48.2 Å². The van der Waals surface area contributed by atoms with Crippen molar-refractivity contribution < 1.29 is 24.6 Å². The first kappa shape index (κ1) is 38.8. The lowest BCUT2D eigenvalue weighted by atomic mass is 9.32. The van der Waals surface area contributed by atoms with Crippen molar-refractivity contribution in [3.63, 3.8) is 0 Å². The number of aromatic carboxylic acids is 1. The largest absolute Gasteiger partial charge is 0.481 e. The van der Waals surface area contributed by atoms with Gasteiger partial charge in [-0.15, -0.1) is 0 Å². The average Bonchev–Trinajstić information content (AvgIpc) is 3.49. The van der Waals surface area contributed by atoms with E-state index in [1.54, 1.807) is 12.1 Å². The number of carboxylic acid groups (broad SMARTS) is 2. The molecule has 5 aliphatic rings. The number of carbonyl (C=O) groups excluding carboxylic acids is 1. The van der Waals surface area contributed by atoms with Crippen molar-refractivity contribution in [2.24, 2.45) is 56.7 Å². The highest BCUT2D eigenvalue weighted by Gasteiger charge is 2.71. The highest BCUT2D eigenvalue weighted by Crippen LogP contribution is 2.77. The van der Waals surface area contributed by atoms with Crippen LogP contribution < -0.4 is 5.32 Å². The third-order valence-electron chi connectivity index (χ3n) is 16.6. The van der Waals surface area contributed by atoms with Gasteiger partial charge in [-0.25, -0.2) is 4.79 Å². The van der Waals surface area contributed by atoms with Crippen LogP contribution in [0.15, 0.2) is 42.5 Å². The summed E-state index contributed by atoms with van der Waals surface area (Å²) in [6.07, 6.45) is 13.3. The number of hydrogen-bond donors (Lipinski definition) is 3. The predicted molar refractivity (Wildman–Crippen MR) is 208 cm³/mol. The van der Waals surface area contributed by atoms with Crippen molar-refractivity contribution in [2.45, 2.75) is 119 Å². The summed E-state index contributed by atoms with van der Waals surface area (Å²) >= 11 is 0. The summed E-state index contributed by atoms with van der Waals surface area (Å²) in [7, 11) is 0. The molecule has 7 nitrogen and oxygen atoms in total. The Kier molecular flexibility index (Phi) is 10.5. The van der Waals surface area contributed by atoms with E-state index in [1.165, 1.54) is 36.8 Å². The van der Waals surface area contributed by atoms with Crippen LogP contribution in [0.25, 0.3) is 5.57 Å². The van der Waals surface area contributed by atoms with E-state index in [9.17, 15) is 19.5 Å². The Morgan fingerprint density at radius 1 is 0.885 bits per heavy atom. The fraction of sp³-hybridized carbons (Fsp3) is 0.711. The maximum absolute atomic E-state index is 14.5. The minimum absolute atomic E-state index is 0.0302. The number of hydrogen-bond acceptors (Lipinski definition) is 4. The Morgan fingerprint density at radius 3 is 2.23 bits per heavy atom. The lowest BCUT2D eigenvalue weighted by Gasteiger charge is -2.72. The van der Waals surface area contributed by atoms with Crippen LogP contribution in [0.3, 0.4) is 0 Å². The van der Waals surface area contributed by atoms with Gasteiger partial charge in [0.1, 0.15) is 0 Å². The third kappa shape index (κ3) is 6.09. The Hall–Kier alpha value is -2.93. The molecule has 0 aliphatic heterocycles. The number of carboxylic acids is 2. The van der Waals surface area contributed by atoms with E-state index in [-0.39, 0.29) is 39.4 Å². The zero-order valence-electron chi connectivity index (χ0n) is 33.2. The van der Waals surface area contributed by atoms with E-state index >= 15 is 0 Å². The fourth-order valence-corrected chi connectivity index (χ4v) is 13.8. The molecule has 1 aromatic rings. The molecule has 3 N–H and O–H groups in total. The van der Waals surface area contributed by atoms with Gasteiger partial charge in [0.2, 0.25) is 5.91 Å². The van der Waals surface area contributed by atoms with Crippen LogP contribution in [0.4, 0.5) is 0 Å². The summed E-state index contributed by atoms with van der Waals surface area (Å²) in [4.78, 5) is 39.3. The minimum atomic E-state index is -0.885. The van der Waals surface area contributed by atoms with Gasteiger partial charge < -0.3 is 20.4 Å². The molecule has 52 heavy (non-hydrogen) atoms. The molecule has 4 fully saturated rings. The van der Waals surface area contributed by atoms with E-state index in [1.807, 2.05) is 12.1 Å². The zero-order valence-corrected chi connectivity index (χ0v) is 33.2. The normalized spacial score (nSPS) is 37.5. The number of allylic oxidation sites excluding steroid dienone is 3. The molecule has 1 aromatic carbocycles. The molecule has 0 aromatic heterocycles. The molecule has 5 aliphatic carbocycles. The van der Waals surface area contributed by atoms with Crippen molar-refractivity contribution >= 4 is 23.4 Å². The van der Waals surface area contributed by atoms with Crippen LogP contribution in [0, 0.1) is 56.7 Å². The molecule has 9 atom stereocenters. The Bertz CT molecular complexity index is 1600. The quantitative estimate of drug-likeness (QED) is 0.147.